The number of halogens is 3. The van der Waals surface area contributed by atoms with E-state index in [-0.39, 0.29) is 11.3 Å². The van der Waals surface area contributed by atoms with Crippen LogP contribution in [0.5, 0.6) is 0 Å². The van der Waals surface area contributed by atoms with Crippen LogP contribution in [0.15, 0.2) is 72.6 Å². The van der Waals surface area contributed by atoms with Gasteiger partial charge in [0.1, 0.15) is 11.6 Å². The van der Waals surface area contributed by atoms with E-state index in [4.69, 9.17) is 0 Å². The van der Waals surface area contributed by atoms with E-state index in [0.29, 0.717) is 11.2 Å². The standard InChI is InChI=1S/C20H13F3N4O/c21-20(22,23)15-6-2-7-16(10-15)27-19(28)14(11-24)12-26-17-8-1-4-13-5-3-9-25-18(13)17/h1-10,12,26H,(H,27,28)/b14-12-. The summed E-state index contributed by atoms with van der Waals surface area (Å²) in [6.07, 6.45) is -1.73. The summed E-state index contributed by atoms with van der Waals surface area (Å²) in [6, 6.07) is 14.9. The third-order valence-corrected chi connectivity index (χ3v) is 3.82. The predicted molar refractivity (Wildman–Crippen MR) is 99.1 cm³/mol. The Morgan fingerprint density at radius 2 is 1.86 bits per heavy atom. The highest BCUT2D eigenvalue weighted by atomic mass is 19.4. The van der Waals surface area contributed by atoms with Crippen molar-refractivity contribution in [1.82, 2.24) is 4.98 Å². The van der Waals surface area contributed by atoms with Gasteiger partial charge in [-0.25, -0.2) is 0 Å². The van der Waals surface area contributed by atoms with Crippen LogP contribution in [0, 0.1) is 11.3 Å². The van der Waals surface area contributed by atoms with Crippen molar-refractivity contribution in [2.24, 2.45) is 0 Å². The molecule has 1 heterocycles. The number of aromatic nitrogens is 1. The molecule has 28 heavy (non-hydrogen) atoms. The molecule has 0 atom stereocenters. The Balaban J connectivity index is 1.79. The lowest BCUT2D eigenvalue weighted by Gasteiger charge is -2.10. The summed E-state index contributed by atoms with van der Waals surface area (Å²) in [4.78, 5) is 16.5. The van der Waals surface area contributed by atoms with Crippen molar-refractivity contribution in [2.45, 2.75) is 6.18 Å². The fourth-order valence-electron chi connectivity index (χ4n) is 2.49. The summed E-state index contributed by atoms with van der Waals surface area (Å²) in [6.45, 7) is 0. The molecular weight excluding hydrogens is 369 g/mol. The van der Waals surface area contributed by atoms with Crippen LogP contribution in [0.3, 0.4) is 0 Å². The first-order chi connectivity index (χ1) is 13.4. The minimum atomic E-state index is -4.53. The number of amides is 1. The van der Waals surface area contributed by atoms with Gasteiger partial charge in [-0.05, 0) is 30.3 Å². The smallest absolute Gasteiger partial charge is 0.358 e. The summed E-state index contributed by atoms with van der Waals surface area (Å²) in [7, 11) is 0. The maximum Gasteiger partial charge on any atom is 0.416 e. The van der Waals surface area contributed by atoms with Gasteiger partial charge in [0.15, 0.2) is 0 Å². The molecule has 3 aromatic rings. The second kappa shape index (κ2) is 7.80. The molecule has 0 bridgehead atoms. The summed E-state index contributed by atoms with van der Waals surface area (Å²) < 4.78 is 38.3. The highest BCUT2D eigenvalue weighted by Gasteiger charge is 2.30. The molecule has 2 aromatic carbocycles. The molecule has 0 aliphatic heterocycles. The molecule has 0 aliphatic rings. The number of anilines is 2. The average molecular weight is 382 g/mol. The first-order valence-corrected chi connectivity index (χ1v) is 8.07. The van der Waals surface area contributed by atoms with Crippen LogP contribution >= 0.6 is 0 Å². The maximum atomic E-state index is 12.8. The van der Waals surface area contributed by atoms with Gasteiger partial charge < -0.3 is 10.6 Å². The summed E-state index contributed by atoms with van der Waals surface area (Å²) in [5.74, 6) is -0.831. The minimum Gasteiger partial charge on any atom is -0.358 e. The molecule has 5 nitrogen and oxygen atoms in total. The van der Waals surface area contributed by atoms with Gasteiger partial charge in [-0.2, -0.15) is 18.4 Å². The summed E-state index contributed by atoms with van der Waals surface area (Å²) >= 11 is 0. The van der Waals surface area contributed by atoms with Crippen LogP contribution < -0.4 is 10.6 Å². The average Bonchev–Trinajstić information content (AvgIpc) is 2.68. The van der Waals surface area contributed by atoms with Crippen molar-refractivity contribution in [3.63, 3.8) is 0 Å². The predicted octanol–water partition coefficient (Wildman–Crippen LogP) is 4.71. The fourth-order valence-corrected chi connectivity index (χ4v) is 2.49. The molecule has 0 radical (unpaired) electrons. The zero-order valence-electron chi connectivity index (χ0n) is 14.3. The Kier molecular flexibility index (Phi) is 5.27. The highest BCUT2D eigenvalue weighted by Crippen LogP contribution is 2.30. The zero-order chi connectivity index (χ0) is 20.1. The number of nitrogens with zero attached hydrogens (tertiary/aromatic N) is 2. The molecule has 0 spiro atoms. The quantitative estimate of drug-likeness (QED) is 0.506. The van der Waals surface area contributed by atoms with Gasteiger partial charge in [0.05, 0.1) is 16.8 Å². The zero-order valence-corrected chi connectivity index (χ0v) is 14.3. The highest BCUT2D eigenvalue weighted by molar-refractivity contribution is 6.07. The van der Waals surface area contributed by atoms with E-state index in [1.807, 2.05) is 12.1 Å². The van der Waals surface area contributed by atoms with Gasteiger partial charge in [0.25, 0.3) is 5.91 Å². The molecule has 3 rings (SSSR count). The van der Waals surface area contributed by atoms with Gasteiger partial charge in [-0.3, -0.25) is 9.78 Å². The van der Waals surface area contributed by atoms with Gasteiger partial charge in [0.2, 0.25) is 0 Å². The second-order valence-electron chi connectivity index (χ2n) is 5.73. The van der Waals surface area contributed by atoms with Gasteiger partial charge in [0, 0.05) is 23.5 Å². The van der Waals surface area contributed by atoms with Crippen LogP contribution in [0.1, 0.15) is 5.56 Å². The van der Waals surface area contributed by atoms with Crippen molar-refractivity contribution in [1.29, 1.82) is 5.26 Å². The number of pyridine rings is 1. The molecule has 1 aromatic heterocycles. The number of hydrogen-bond acceptors (Lipinski definition) is 4. The number of para-hydroxylation sites is 1. The molecule has 0 saturated heterocycles. The molecule has 2 N–H and O–H groups in total. The van der Waals surface area contributed by atoms with Crippen LogP contribution in [0.25, 0.3) is 10.9 Å². The van der Waals surface area contributed by atoms with Gasteiger partial charge >= 0.3 is 6.18 Å². The molecule has 1 amide bonds. The van der Waals surface area contributed by atoms with Crippen LogP contribution in [-0.4, -0.2) is 10.9 Å². The molecule has 0 unspecified atom stereocenters. The molecule has 0 saturated carbocycles. The number of rotatable bonds is 4. The minimum absolute atomic E-state index is 0.0622. The van der Waals surface area contributed by atoms with E-state index in [9.17, 15) is 23.2 Å². The Bertz CT molecular complexity index is 1100. The van der Waals surface area contributed by atoms with E-state index in [1.54, 1.807) is 30.5 Å². The van der Waals surface area contributed by atoms with Crippen molar-refractivity contribution >= 4 is 28.2 Å². The Morgan fingerprint density at radius 3 is 2.61 bits per heavy atom. The Labute approximate surface area is 158 Å². The molecule has 8 heteroatoms. The number of fused-ring (bicyclic) bond motifs is 1. The van der Waals surface area contributed by atoms with E-state index in [0.717, 1.165) is 17.5 Å². The second-order valence-corrected chi connectivity index (χ2v) is 5.73. The number of hydrogen-bond donors (Lipinski definition) is 2. The fraction of sp³-hybridized carbons (Fsp3) is 0.0500. The van der Waals surface area contributed by atoms with Crippen LogP contribution in [0.4, 0.5) is 24.5 Å². The Morgan fingerprint density at radius 1 is 1.11 bits per heavy atom. The largest absolute Gasteiger partial charge is 0.416 e. The third-order valence-electron chi connectivity index (χ3n) is 3.82. The number of nitrogens with one attached hydrogen (secondary N) is 2. The van der Waals surface area contributed by atoms with Crippen LogP contribution in [-0.2, 0) is 11.0 Å². The number of carbonyl (C=O) groups is 1. The lowest BCUT2D eigenvalue weighted by molar-refractivity contribution is -0.137. The van der Waals surface area contributed by atoms with Crippen molar-refractivity contribution in [3.05, 3.63) is 78.1 Å². The Hall–Kier alpha value is -3.86. The first-order valence-electron chi connectivity index (χ1n) is 8.07. The number of carbonyl (C=O) groups excluding carboxylic acids is 1. The third kappa shape index (κ3) is 4.27. The molecule has 0 aliphatic carbocycles. The number of nitriles is 1. The lowest BCUT2D eigenvalue weighted by Crippen LogP contribution is -2.15. The summed E-state index contributed by atoms with van der Waals surface area (Å²) in [5.41, 5.74) is -0.0274. The van der Waals surface area contributed by atoms with E-state index in [1.165, 1.54) is 18.3 Å². The van der Waals surface area contributed by atoms with Crippen molar-refractivity contribution < 1.29 is 18.0 Å². The number of alkyl halides is 3. The maximum absolute atomic E-state index is 12.8. The topological polar surface area (TPSA) is 77.8 Å². The SMILES string of the molecule is N#C/C(=C/Nc1cccc2cccnc12)C(=O)Nc1cccc(C(F)(F)F)c1. The normalized spacial score (nSPS) is 11.7. The van der Waals surface area contributed by atoms with Gasteiger partial charge in [-0.15, -0.1) is 0 Å². The van der Waals surface area contributed by atoms with Gasteiger partial charge in [-0.1, -0.05) is 24.3 Å². The monoisotopic (exact) mass is 382 g/mol. The molecular formula is C20H13F3N4O. The molecule has 0 fully saturated rings. The summed E-state index contributed by atoms with van der Waals surface area (Å²) in [5, 5.41) is 15.2. The number of benzene rings is 2. The van der Waals surface area contributed by atoms with Crippen molar-refractivity contribution in [3.8, 4) is 6.07 Å². The lowest BCUT2D eigenvalue weighted by atomic mass is 10.2. The van der Waals surface area contributed by atoms with Crippen LogP contribution in [0.2, 0.25) is 0 Å². The van der Waals surface area contributed by atoms with E-state index >= 15 is 0 Å². The van der Waals surface area contributed by atoms with E-state index < -0.39 is 17.6 Å². The first kappa shape index (κ1) is 18.9. The van der Waals surface area contributed by atoms with E-state index in [2.05, 4.69) is 15.6 Å². The van der Waals surface area contributed by atoms with Crippen molar-refractivity contribution in [2.75, 3.05) is 10.6 Å². The molecule has 140 valence electrons.